The van der Waals surface area contributed by atoms with Crippen LogP contribution in [0, 0.1) is 0 Å². The van der Waals surface area contributed by atoms with Gasteiger partial charge in [-0.15, -0.1) is 0 Å². The van der Waals surface area contributed by atoms with Crippen LogP contribution in [0.4, 0.5) is 5.82 Å². The minimum atomic E-state index is -0.0795. The van der Waals surface area contributed by atoms with Crippen molar-refractivity contribution in [3.8, 4) is 5.88 Å². The summed E-state index contributed by atoms with van der Waals surface area (Å²) in [5.74, 6) is 1.04. The lowest BCUT2D eigenvalue weighted by atomic mass is 10.2. The summed E-state index contributed by atoms with van der Waals surface area (Å²) in [7, 11) is 0. The average molecular weight is 391 g/mol. The number of morpholine rings is 1. The van der Waals surface area contributed by atoms with Crippen LogP contribution in [0.3, 0.4) is 0 Å². The number of hydrogen-bond donors (Lipinski definition) is 1. The zero-order valence-electron chi connectivity index (χ0n) is 15.4. The second-order valence-corrected chi connectivity index (χ2v) is 6.89. The Bertz CT molecular complexity index is 777. The Hall–Kier alpha value is -2.38. The highest BCUT2D eigenvalue weighted by Crippen LogP contribution is 2.22. The molecule has 0 aliphatic carbocycles. The van der Waals surface area contributed by atoms with Gasteiger partial charge in [0.2, 0.25) is 5.88 Å². The van der Waals surface area contributed by atoms with Gasteiger partial charge in [0, 0.05) is 38.1 Å². The molecule has 0 radical (unpaired) electrons. The number of anilines is 1. The fourth-order valence-corrected chi connectivity index (χ4v) is 2.88. The first-order valence-corrected chi connectivity index (χ1v) is 9.29. The van der Waals surface area contributed by atoms with Crippen LogP contribution >= 0.6 is 11.6 Å². The maximum atomic E-state index is 12.5. The summed E-state index contributed by atoms with van der Waals surface area (Å²) in [6.45, 7) is 6.71. The van der Waals surface area contributed by atoms with E-state index in [0.29, 0.717) is 55.1 Å². The summed E-state index contributed by atoms with van der Waals surface area (Å²) >= 11 is 6.31. The Morgan fingerprint density at radius 1 is 1.30 bits per heavy atom. The molecule has 1 fully saturated rings. The normalized spacial score (nSPS) is 14.3. The van der Waals surface area contributed by atoms with E-state index >= 15 is 0 Å². The van der Waals surface area contributed by atoms with Crippen LogP contribution in [0.15, 0.2) is 30.6 Å². The van der Waals surface area contributed by atoms with Crippen molar-refractivity contribution >= 4 is 23.3 Å². The van der Waals surface area contributed by atoms with E-state index < -0.39 is 0 Å². The van der Waals surface area contributed by atoms with Gasteiger partial charge in [-0.2, -0.15) is 0 Å². The quantitative estimate of drug-likeness (QED) is 0.817. The molecule has 7 nitrogen and oxygen atoms in total. The summed E-state index contributed by atoms with van der Waals surface area (Å²) in [6.07, 6.45) is 3.38. The summed E-state index contributed by atoms with van der Waals surface area (Å²) in [4.78, 5) is 22.8. The van der Waals surface area contributed by atoms with Crippen LogP contribution in [0.1, 0.15) is 29.8 Å². The Morgan fingerprint density at radius 2 is 2.07 bits per heavy atom. The van der Waals surface area contributed by atoms with E-state index in [4.69, 9.17) is 21.1 Å². The number of ether oxygens (including phenoxy) is 2. The zero-order chi connectivity index (χ0) is 19.2. The van der Waals surface area contributed by atoms with Gasteiger partial charge in [-0.25, -0.2) is 9.97 Å². The molecule has 0 spiro atoms. The first-order chi connectivity index (χ1) is 13.0. The lowest BCUT2D eigenvalue weighted by molar-refractivity contribution is 0.0302. The number of nitrogens with zero attached hydrogens (tertiary/aromatic N) is 3. The lowest BCUT2D eigenvalue weighted by Crippen LogP contribution is -2.40. The number of hydrogen-bond acceptors (Lipinski definition) is 6. The molecule has 0 aromatic carbocycles. The van der Waals surface area contributed by atoms with Crippen LogP contribution in [0.25, 0.3) is 0 Å². The van der Waals surface area contributed by atoms with Crippen LogP contribution < -0.4 is 10.1 Å². The largest absolute Gasteiger partial charge is 0.475 e. The number of amides is 1. The Labute approximate surface area is 163 Å². The van der Waals surface area contributed by atoms with Gasteiger partial charge in [-0.1, -0.05) is 17.7 Å². The molecule has 27 heavy (non-hydrogen) atoms. The van der Waals surface area contributed by atoms with Gasteiger partial charge < -0.3 is 19.7 Å². The van der Waals surface area contributed by atoms with Gasteiger partial charge in [-0.3, -0.25) is 4.79 Å². The van der Waals surface area contributed by atoms with E-state index in [1.165, 1.54) is 0 Å². The van der Waals surface area contributed by atoms with Gasteiger partial charge in [0.15, 0.2) is 0 Å². The lowest BCUT2D eigenvalue weighted by Gasteiger charge is -2.26. The van der Waals surface area contributed by atoms with Crippen molar-refractivity contribution in [1.29, 1.82) is 0 Å². The maximum absolute atomic E-state index is 12.5. The first-order valence-electron chi connectivity index (χ1n) is 8.91. The van der Waals surface area contributed by atoms with Gasteiger partial charge >= 0.3 is 0 Å². The number of rotatable bonds is 6. The van der Waals surface area contributed by atoms with Crippen molar-refractivity contribution in [2.24, 2.45) is 0 Å². The standard InChI is InChI=1S/C19H23ClN4O3/c1-13(2)27-17-4-3-14(10-21-17)11-22-18-16(20)9-15(12-23-18)19(25)24-5-7-26-8-6-24/h3-4,9-10,12-13H,5-8,11H2,1-2H3,(H,22,23). The molecule has 1 saturated heterocycles. The number of carbonyl (C=O) groups is 1. The number of nitrogens with one attached hydrogen (secondary N) is 1. The molecule has 0 unspecified atom stereocenters. The third-order valence-corrected chi connectivity index (χ3v) is 4.29. The van der Waals surface area contributed by atoms with E-state index in [1.54, 1.807) is 23.4 Å². The molecule has 2 aromatic rings. The SMILES string of the molecule is CC(C)Oc1ccc(CNc2ncc(C(=O)N3CCOCC3)cc2Cl)cn1. The fourth-order valence-electron chi connectivity index (χ4n) is 2.65. The highest BCUT2D eigenvalue weighted by molar-refractivity contribution is 6.33. The van der Waals surface area contributed by atoms with Gasteiger partial charge in [-0.05, 0) is 25.5 Å². The molecule has 2 aromatic heterocycles. The smallest absolute Gasteiger partial charge is 0.255 e. The van der Waals surface area contributed by atoms with E-state index in [2.05, 4.69) is 15.3 Å². The number of halogens is 1. The molecule has 1 amide bonds. The summed E-state index contributed by atoms with van der Waals surface area (Å²) in [5.41, 5.74) is 1.45. The Morgan fingerprint density at radius 3 is 2.70 bits per heavy atom. The molecule has 0 saturated carbocycles. The van der Waals surface area contributed by atoms with Gasteiger partial charge in [0.25, 0.3) is 5.91 Å². The predicted octanol–water partition coefficient (Wildman–Crippen LogP) is 3.00. The monoisotopic (exact) mass is 390 g/mol. The summed E-state index contributed by atoms with van der Waals surface area (Å²) < 4.78 is 10.8. The van der Waals surface area contributed by atoms with Gasteiger partial charge in [0.1, 0.15) is 5.82 Å². The van der Waals surface area contributed by atoms with Gasteiger partial charge in [0.05, 0.1) is 29.9 Å². The predicted molar refractivity (Wildman–Crippen MR) is 103 cm³/mol. The molecule has 3 heterocycles. The molecule has 144 valence electrons. The molecular formula is C19H23ClN4O3. The van der Waals surface area contributed by atoms with Crippen molar-refractivity contribution in [1.82, 2.24) is 14.9 Å². The zero-order valence-corrected chi connectivity index (χ0v) is 16.2. The highest BCUT2D eigenvalue weighted by Gasteiger charge is 2.19. The van der Waals surface area contributed by atoms with Crippen LogP contribution in [0.5, 0.6) is 5.88 Å². The third-order valence-electron chi connectivity index (χ3n) is 4.00. The molecule has 1 aliphatic rings. The second-order valence-electron chi connectivity index (χ2n) is 6.48. The summed E-state index contributed by atoms with van der Waals surface area (Å²) in [5, 5.41) is 3.57. The summed E-state index contributed by atoms with van der Waals surface area (Å²) in [6, 6.07) is 5.41. The molecule has 3 rings (SSSR count). The number of aromatic nitrogens is 2. The van der Waals surface area contributed by atoms with Crippen molar-refractivity contribution in [2.75, 3.05) is 31.6 Å². The maximum Gasteiger partial charge on any atom is 0.255 e. The van der Waals surface area contributed by atoms with Crippen molar-refractivity contribution < 1.29 is 14.3 Å². The van der Waals surface area contributed by atoms with E-state index in [1.807, 2.05) is 26.0 Å². The van der Waals surface area contributed by atoms with Crippen molar-refractivity contribution in [3.05, 3.63) is 46.7 Å². The minimum absolute atomic E-state index is 0.0795. The van der Waals surface area contributed by atoms with Crippen LogP contribution in [-0.4, -0.2) is 53.2 Å². The Kier molecular flexibility index (Phi) is 6.47. The van der Waals surface area contributed by atoms with Crippen LogP contribution in [0.2, 0.25) is 5.02 Å². The first kappa shape index (κ1) is 19.4. The molecule has 0 atom stereocenters. The van der Waals surface area contributed by atoms with Crippen LogP contribution in [-0.2, 0) is 11.3 Å². The molecule has 8 heteroatoms. The van der Waals surface area contributed by atoms with Crippen molar-refractivity contribution in [3.63, 3.8) is 0 Å². The molecular weight excluding hydrogens is 368 g/mol. The van der Waals surface area contributed by atoms with E-state index in [9.17, 15) is 4.79 Å². The third kappa shape index (κ3) is 5.30. The molecule has 0 bridgehead atoms. The second kappa shape index (κ2) is 9.01. The topological polar surface area (TPSA) is 76.6 Å². The highest BCUT2D eigenvalue weighted by atomic mass is 35.5. The molecule has 1 N–H and O–H groups in total. The molecule has 1 aliphatic heterocycles. The van der Waals surface area contributed by atoms with E-state index in [-0.39, 0.29) is 12.0 Å². The Balaban J connectivity index is 1.60. The minimum Gasteiger partial charge on any atom is -0.475 e. The average Bonchev–Trinajstić information content (AvgIpc) is 2.68. The fraction of sp³-hybridized carbons (Fsp3) is 0.421. The number of pyridine rings is 2. The van der Waals surface area contributed by atoms with Crippen molar-refractivity contribution in [2.45, 2.75) is 26.5 Å². The van der Waals surface area contributed by atoms with E-state index in [0.717, 1.165) is 5.56 Å². The number of carbonyl (C=O) groups excluding carboxylic acids is 1.